The molecule has 1 aromatic carbocycles. The van der Waals surface area contributed by atoms with Crippen molar-refractivity contribution in [2.24, 2.45) is 22.7 Å². The van der Waals surface area contributed by atoms with E-state index >= 15 is 0 Å². The van der Waals surface area contributed by atoms with Crippen molar-refractivity contribution in [2.75, 3.05) is 6.61 Å². The molecular weight excluding hydrogens is 780 g/mol. The molecule has 11 atom stereocenters. The van der Waals surface area contributed by atoms with Gasteiger partial charge in [0, 0.05) is 35.3 Å². The molecule has 2 aliphatic heterocycles. The van der Waals surface area contributed by atoms with E-state index in [9.17, 15) is 49.9 Å². The van der Waals surface area contributed by atoms with E-state index in [0.717, 1.165) is 0 Å². The molecule has 2 saturated heterocycles. The summed E-state index contributed by atoms with van der Waals surface area (Å²) < 4.78 is 23.6. The SMILES string of the molecule is CC1=C2[C@@H](O)C(=O)[C@@]3(C)[C@H]([C@H](OC(=O)C4CC(C)(C)N(O)C(C)(C)C4)[C@](O)(C[C@@H]1OC(=O)[C@H](O)[C@@H](NC(=O)OC(C)(C)C)c1ccccc1)C2(C)C)[C@]1(O)CO[C@@H]1C[C@@H]3O. The number of esters is 2. The minimum atomic E-state index is -2.34. The number of hydroxylamine groups is 2. The Labute approximate surface area is 351 Å². The van der Waals surface area contributed by atoms with Crippen LogP contribution in [-0.2, 0) is 33.3 Å². The van der Waals surface area contributed by atoms with Gasteiger partial charge in [-0.2, -0.15) is 5.06 Å². The monoisotopic (exact) mass is 844 g/mol. The van der Waals surface area contributed by atoms with E-state index in [0.29, 0.717) is 5.56 Å². The average Bonchev–Trinajstić information content (AvgIpc) is 3.13. The van der Waals surface area contributed by atoms with Crippen molar-refractivity contribution in [3.05, 3.63) is 47.0 Å². The van der Waals surface area contributed by atoms with Gasteiger partial charge in [0.25, 0.3) is 0 Å². The first kappa shape index (κ1) is 46.0. The number of ketones is 1. The van der Waals surface area contributed by atoms with E-state index in [4.69, 9.17) is 18.9 Å². The summed E-state index contributed by atoms with van der Waals surface area (Å²) in [7, 11) is 0. The molecule has 1 amide bonds. The predicted octanol–water partition coefficient (Wildman–Crippen LogP) is 3.03. The zero-order chi connectivity index (χ0) is 44.9. The van der Waals surface area contributed by atoms with Gasteiger partial charge in [0.1, 0.15) is 35.1 Å². The van der Waals surface area contributed by atoms with Crippen LogP contribution in [0.2, 0.25) is 0 Å². The second-order valence-corrected chi connectivity index (χ2v) is 20.7. The number of alkyl carbamates (subject to hydrolysis) is 1. The van der Waals surface area contributed by atoms with E-state index in [1.54, 1.807) is 92.6 Å². The first-order chi connectivity index (χ1) is 27.4. The third kappa shape index (κ3) is 7.37. The fraction of sp³-hybridized carbons (Fsp3) is 0.727. The summed E-state index contributed by atoms with van der Waals surface area (Å²) in [6, 6.07) is 6.80. The summed E-state index contributed by atoms with van der Waals surface area (Å²) in [5.41, 5.74) is -10.1. The number of carbonyl (C=O) groups is 4. The molecule has 2 heterocycles. The van der Waals surface area contributed by atoms with Crippen LogP contribution >= 0.6 is 0 Å². The number of nitrogens with one attached hydrogen (secondary N) is 1. The lowest BCUT2D eigenvalue weighted by Gasteiger charge is -2.67. The van der Waals surface area contributed by atoms with Gasteiger partial charge in [-0.15, -0.1) is 0 Å². The lowest BCUT2D eigenvalue weighted by Crippen LogP contribution is -2.81. The number of rotatable bonds is 7. The fourth-order valence-corrected chi connectivity index (χ4v) is 11.1. The Bertz CT molecular complexity index is 1890. The number of ether oxygens (including phenoxy) is 4. The van der Waals surface area contributed by atoms with Crippen LogP contribution in [0.1, 0.15) is 113 Å². The zero-order valence-electron chi connectivity index (χ0n) is 36.5. The Morgan fingerprint density at radius 3 is 2.05 bits per heavy atom. The summed E-state index contributed by atoms with van der Waals surface area (Å²) >= 11 is 0. The maximum Gasteiger partial charge on any atom is 0.408 e. The van der Waals surface area contributed by atoms with E-state index in [1.807, 2.05) is 0 Å². The van der Waals surface area contributed by atoms with E-state index in [1.165, 1.54) is 18.9 Å². The van der Waals surface area contributed by atoms with Gasteiger partial charge in [-0.1, -0.05) is 44.2 Å². The molecule has 16 heteroatoms. The number of Topliss-reactive ketones (excluding diaryl/α,β-unsaturated/α-hetero) is 1. The van der Waals surface area contributed by atoms with Crippen LogP contribution in [0.3, 0.4) is 0 Å². The molecule has 2 bridgehead atoms. The summed E-state index contributed by atoms with van der Waals surface area (Å²) in [6.07, 6.45) is -11.2. The molecule has 0 unspecified atom stereocenters. The lowest BCUT2D eigenvalue weighted by atomic mass is 9.44. The highest BCUT2D eigenvalue weighted by molar-refractivity contribution is 5.93. The highest BCUT2D eigenvalue weighted by Crippen LogP contribution is 2.63. The van der Waals surface area contributed by atoms with Crippen LogP contribution in [0.25, 0.3) is 0 Å². The van der Waals surface area contributed by atoms with E-state index in [2.05, 4.69) is 5.32 Å². The van der Waals surface area contributed by atoms with Crippen LogP contribution in [0.4, 0.5) is 4.79 Å². The largest absolute Gasteiger partial charge is 0.459 e. The van der Waals surface area contributed by atoms with Gasteiger partial charge in [-0.3, -0.25) is 9.59 Å². The van der Waals surface area contributed by atoms with Gasteiger partial charge in [-0.05, 0) is 91.9 Å². The van der Waals surface area contributed by atoms with Crippen molar-refractivity contribution in [1.29, 1.82) is 0 Å². The van der Waals surface area contributed by atoms with Gasteiger partial charge in [0.05, 0.1) is 36.2 Å². The number of piperidine rings is 1. The molecule has 4 fully saturated rings. The third-order valence-corrected chi connectivity index (χ3v) is 14.2. The summed E-state index contributed by atoms with van der Waals surface area (Å²) in [5.74, 6) is -5.31. The molecule has 3 aliphatic carbocycles. The molecule has 1 aromatic rings. The van der Waals surface area contributed by atoms with Crippen molar-refractivity contribution in [3.63, 3.8) is 0 Å². The molecule has 0 radical (unpaired) electrons. The average molecular weight is 845 g/mol. The Hall–Kier alpha value is -3.48. The minimum absolute atomic E-state index is 0.0530. The quantitative estimate of drug-likeness (QED) is 0.119. The summed E-state index contributed by atoms with van der Waals surface area (Å²) in [5, 5.41) is 76.3. The number of aliphatic hydroxyl groups excluding tert-OH is 3. The third-order valence-electron chi connectivity index (χ3n) is 14.2. The van der Waals surface area contributed by atoms with Gasteiger partial charge in [-0.25, -0.2) is 9.59 Å². The standard InChI is InChI=1S/C44H64N2O14/c1-22-25(58-36(52)31(49)29(23-15-13-12-14-16-23)45-37(53)60-38(2,3)4)20-44(55)34(59-35(51)24-18-39(5,6)46(56)40(7,8)19-24)32-42(11,26(47)17-27-43(32,54)21-57-27)33(50)30(48)28(22)41(44,9)10/h12-16,24-27,29-32,34,47-49,54-56H,17-21H2,1-11H3,(H,45,53)/t25-,26-,27+,29-,30+,31+,32-,34-,42+,43-,44+/m0/s1. The number of hydrogen-bond donors (Lipinski definition) is 7. The molecule has 16 nitrogen and oxygen atoms in total. The molecule has 7 N–H and O–H groups in total. The topological polar surface area (TPSA) is 242 Å². The molecule has 2 saturated carbocycles. The molecular formula is C44H64N2O14. The van der Waals surface area contributed by atoms with Crippen LogP contribution in [-0.4, -0.2) is 131 Å². The lowest BCUT2D eigenvalue weighted by molar-refractivity contribution is -0.346. The number of aliphatic hydroxyl groups is 5. The zero-order valence-corrected chi connectivity index (χ0v) is 36.5. The number of nitrogens with zero attached hydrogens (tertiary/aromatic N) is 1. The first-order valence-electron chi connectivity index (χ1n) is 20.7. The van der Waals surface area contributed by atoms with Crippen molar-refractivity contribution in [1.82, 2.24) is 10.4 Å². The maximum atomic E-state index is 14.9. The molecule has 60 heavy (non-hydrogen) atoms. The number of carbonyl (C=O) groups excluding carboxylic acids is 4. The Balaban J connectivity index is 1.45. The number of hydrogen-bond acceptors (Lipinski definition) is 15. The highest BCUT2D eigenvalue weighted by Gasteiger charge is 2.76. The van der Waals surface area contributed by atoms with Crippen molar-refractivity contribution in [3.8, 4) is 0 Å². The van der Waals surface area contributed by atoms with Crippen LogP contribution in [0.5, 0.6) is 0 Å². The first-order valence-corrected chi connectivity index (χ1v) is 20.7. The summed E-state index contributed by atoms with van der Waals surface area (Å²) in [4.78, 5) is 56.6. The van der Waals surface area contributed by atoms with Crippen molar-refractivity contribution >= 4 is 23.8 Å². The smallest absolute Gasteiger partial charge is 0.408 e. The fourth-order valence-electron chi connectivity index (χ4n) is 11.1. The van der Waals surface area contributed by atoms with E-state index in [-0.39, 0.29) is 37.0 Å². The molecule has 0 aromatic heterocycles. The number of fused-ring (bicyclic) bond motifs is 5. The molecule has 334 valence electrons. The Kier molecular flexibility index (Phi) is 11.6. The Morgan fingerprint density at radius 2 is 1.52 bits per heavy atom. The number of benzene rings is 1. The van der Waals surface area contributed by atoms with Gasteiger partial charge in [0.15, 0.2) is 11.9 Å². The van der Waals surface area contributed by atoms with Gasteiger partial charge < -0.3 is 55.0 Å². The summed E-state index contributed by atoms with van der Waals surface area (Å²) in [6.45, 7) is 17.7. The normalized spacial score (nSPS) is 37.2. The van der Waals surface area contributed by atoms with E-state index < -0.39 is 123 Å². The highest BCUT2D eigenvalue weighted by atomic mass is 16.6. The molecule has 5 aliphatic rings. The Morgan fingerprint density at radius 1 is 0.933 bits per heavy atom. The minimum Gasteiger partial charge on any atom is -0.459 e. The van der Waals surface area contributed by atoms with Crippen LogP contribution in [0.15, 0.2) is 41.5 Å². The van der Waals surface area contributed by atoms with Crippen molar-refractivity contribution in [2.45, 2.75) is 172 Å². The van der Waals surface area contributed by atoms with Gasteiger partial charge >= 0.3 is 18.0 Å². The second-order valence-electron chi connectivity index (χ2n) is 20.7. The predicted molar refractivity (Wildman–Crippen MR) is 213 cm³/mol. The number of amides is 1. The maximum absolute atomic E-state index is 14.9. The molecule has 6 rings (SSSR count). The van der Waals surface area contributed by atoms with Crippen molar-refractivity contribution < 1.29 is 68.9 Å². The second kappa shape index (κ2) is 15.1. The molecule has 0 spiro atoms. The van der Waals surface area contributed by atoms with Gasteiger partial charge in [0.2, 0.25) is 0 Å². The van der Waals surface area contributed by atoms with Crippen LogP contribution < -0.4 is 5.32 Å². The van der Waals surface area contributed by atoms with Crippen LogP contribution in [0, 0.1) is 22.7 Å².